The van der Waals surface area contributed by atoms with Crippen molar-refractivity contribution in [2.45, 2.75) is 85.5 Å². The maximum Gasteiger partial charge on any atom is 0.310 e. The molecule has 2 fully saturated rings. The number of ether oxygens (including phenoxy) is 2. The SMILES string of the molecule is CC(C)COC(=O)C(C1CCCCC1)C(C(=O)OCC(C)C)C1CCCC1. The van der Waals surface area contributed by atoms with Crippen LogP contribution in [0.25, 0.3) is 0 Å². The van der Waals surface area contributed by atoms with Gasteiger partial charge in [-0.05, 0) is 49.4 Å². The van der Waals surface area contributed by atoms with Crippen LogP contribution in [0.3, 0.4) is 0 Å². The highest BCUT2D eigenvalue weighted by Crippen LogP contribution is 2.43. The van der Waals surface area contributed by atoms with Crippen LogP contribution in [-0.4, -0.2) is 25.2 Å². The minimum Gasteiger partial charge on any atom is -0.465 e. The molecular formula is C23H40O4. The Morgan fingerprint density at radius 2 is 1.00 bits per heavy atom. The predicted molar refractivity (Wildman–Crippen MR) is 107 cm³/mol. The van der Waals surface area contributed by atoms with Crippen molar-refractivity contribution in [1.82, 2.24) is 0 Å². The van der Waals surface area contributed by atoms with Gasteiger partial charge in [-0.3, -0.25) is 9.59 Å². The lowest BCUT2D eigenvalue weighted by molar-refractivity contribution is -0.167. The molecule has 4 heteroatoms. The summed E-state index contributed by atoms with van der Waals surface area (Å²) in [6, 6.07) is 0. The molecule has 27 heavy (non-hydrogen) atoms. The van der Waals surface area contributed by atoms with Gasteiger partial charge in [0.2, 0.25) is 0 Å². The third-order valence-corrected chi connectivity index (χ3v) is 6.11. The molecule has 0 aliphatic heterocycles. The molecule has 0 N–H and O–H groups in total. The van der Waals surface area contributed by atoms with Crippen LogP contribution in [0.1, 0.15) is 85.5 Å². The molecule has 0 radical (unpaired) electrons. The smallest absolute Gasteiger partial charge is 0.310 e. The average molecular weight is 381 g/mol. The van der Waals surface area contributed by atoms with E-state index in [9.17, 15) is 9.59 Å². The lowest BCUT2D eigenvalue weighted by Gasteiger charge is -2.36. The summed E-state index contributed by atoms with van der Waals surface area (Å²) in [4.78, 5) is 26.3. The third kappa shape index (κ3) is 6.80. The van der Waals surface area contributed by atoms with Crippen molar-refractivity contribution in [3.05, 3.63) is 0 Å². The fraction of sp³-hybridized carbons (Fsp3) is 0.913. The molecule has 2 atom stereocenters. The van der Waals surface area contributed by atoms with Crippen LogP contribution < -0.4 is 0 Å². The zero-order valence-electron chi connectivity index (χ0n) is 17.9. The summed E-state index contributed by atoms with van der Waals surface area (Å²) in [6.07, 6.45) is 9.95. The van der Waals surface area contributed by atoms with E-state index in [2.05, 4.69) is 0 Å². The van der Waals surface area contributed by atoms with Gasteiger partial charge in [0.1, 0.15) is 0 Å². The van der Waals surface area contributed by atoms with Gasteiger partial charge in [0.15, 0.2) is 0 Å². The minimum absolute atomic E-state index is 0.158. The summed E-state index contributed by atoms with van der Waals surface area (Å²) >= 11 is 0. The zero-order valence-corrected chi connectivity index (χ0v) is 17.9. The maximum absolute atomic E-state index is 13.2. The molecule has 2 aliphatic rings. The fourth-order valence-corrected chi connectivity index (χ4v) is 4.76. The molecule has 156 valence electrons. The fourth-order valence-electron chi connectivity index (χ4n) is 4.76. The number of esters is 2. The van der Waals surface area contributed by atoms with Crippen LogP contribution in [0.4, 0.5) is 0 Å². The van der Waals surface area contributed by atoms with E-state index in [0.29, 0.717) is 25.0 Å². The van der Waals surface area contributed by atoms with E-state index in [4.69, 9.17) is 9.47 Å². The van der Waals surface area contributed by atoms with Crippen molar-refractivity contribution in [3.8, 4) is 0 Å². The standard InChI is InChI=1S/C23H40O4/c1-16(2)14-26-22(24)20(18-10-6-5-7-11-18)21(19-12-8-9-13-19)23(25)27-15-17(3)4/h16-21H,5-15H2,1-4H3. The van der Waals surface area contributed by atoms with Crippen molar-refractivity contribution in [2.75, 3.05) is 13.2 Å². The first-order valence-electron chi connectivity index (χ1n) is 11.2. The summed E-state index contributed by atoms with van der Waals surface area (Å²) in [5.41, 5.74) is 0. The Kier molecular flexibility index (Phi) is 9.11. The summed E-state index contributed by atoms with van der Waals surface area (Å²) in [5.74, 6) is 0.166. The minimum atomic E-state index is -0.327. The van der Waals surface area contributed by atoms with E-state index < -0.39 is 0 Å². The Bertz CT molecular complexity index is 459. The Hall–Kier alpha value is -1.06. The molecule has 0 aromatic heterocycles. The summed E-state index contributed by atoms with van der Waals surface area (Å²) in [5, 5.41) is 0. The van der Waals surface area contributed by atoms with Crippen molar-refractivity contribution in [1.29, 1.82) is 0 Å². The van der Waals surface area contributed by atoms with Gasteiger partial charge < -0.3 is 9.47 Å². The van der Waals surface area contributed by atoms with E-state index in [-0.39, 0.29) is 35.6 Å². The number of rotatable bonds is 9. The van der Waals surface area contributed by atoms with Gasteiger partial charge in [0.05, 0.1) is 25.0 Å². The van der Waals surface area contributed by atoms with E-state index in [1.807, 2.05) is 27.7 Å². The first-order valence-corrected chi connectivity index (χ1v) is 11.2. The molecular weight excluding hydrogens is 340 g/mol. The first kappa shape index (κ1) is 22.2. The van der Waals surface area contributed by atoms with Crippen LogP contribution in [0.15, 0.2) is 0 Å². The van der Waals surface area contributed by atoms with Gasteiger partial charge in [-0.25, -0.2) is 0 Å². The highest BCUT2D eigenvalue weighted by molar-refractivity contribution is 5.82. The van der Waals surface area contributed by atoms with Crippen LogP contribution in [0, 0.1) is 35.5 Å². The number of hydrogen-bond acceptors (Lipinski definition) is 4. The second-order valence-corrected chi connectivity index (χ2v) is 9.54. The van der Waals surface area contributed by atoms with Gasteiger partial charge in [-0.1, -0.05) is 59.8 Å². The van der Waals surface area contributed by atoms with Crippen LogP contribution in [-0.2, 0) is 19.1 Å². The van der Waals surface area contributed by atoms with Crippen molar-refractivity contribution < 1.29 is 19.1 Å². The van der Waals surface area contributed by atoms with Gasteiger partial charge in [0.25, 0.3) is 0 Å². The average Bonchev–Trinajstić information content (AvgIpc) is 3.16. The lowest BCUT2D eigenvalue weighted by atomic mass is 9.69. The Morgan fingerprint density at radius 3 is 1.33 bits per heavy atom. The number of carbonyl (C=O) groups is 2. The highest BCUT2D eigenvalue weighted by atomic mass is 16.5. The molecule has 2 saturated carbocycles. The summed E-state index contributed by atoms with van der Waals surface area (Å²) < 4.78 is 11.4. The number of carbonyl (C=O) groups excluding carboxylic acids is 2. The second-order valence-electron chi connectivity index (χ2n) is 9.54. The Balaban J connectivity index is 2.23. The monoisotopic (exact) mass is 380 g/mol. The lowest BCUT2D eigenvalue weighted by Crippen LogP contribution is -2.42. The van der Waals surface area contributed by atoms with Crippen LogP contribution in [0.5, 0.6) is 0 Å². The third-order valence-electron chi connectivity index (χ3n) is 6.11. The van der Waals surface area contributed by atoms with Crippen LogP contribution in [0.2, 0.25) is 0 Å². The van der Waals surface area contributed by atoms with E-state index >= 15 is 0 Å². The topological polar surface area (TPSA) is 52.6 Å². The molecule has 2 unspecified atom stereocenters. The molecule has 0 spiro atoms. The molecule has 0 aromatic rings. The zero-order chi connectivity index (χ0) is 19.8. The quantitative estimate of drug-likeness (QED) is 0.503. The molecule has 2 aliphatic carbocycles. The van der Waals surface area contributed by atoms with Crippen molar-refractivity contribution >= 4 is 11.9 Å². The van der Waals surface area contributed by atoms with E-state index in [1.54, 1.807) is 0 Å². The molecule has 4 nitrogen and oxygen atoms in total. The molecule has 0 amide bonds. The maximum atomic E-state index is 13.2. The van der Waals surface area contributed by atoms with Gasteiger partial charge in [-0.2, -0.15) is 0 Å². The molecule has 0 aromatic carbocycles. The van der Waals surface area contributed by atoms with E-state index in [1.165, 1.54) is 6.42 Å². The molecule has 0 heterocycles. The van der Waals surface area contributed by atoms with E-state index in [0.717, 1.165) is 51.4 Å². The molecule has 2 rings (SSSR count). The molecule has 0 bridgehead atoms. The molecule has 0 saturated heterocycles. The van der Waals surface area contributed by atoms with Crippen LogP contribution >= 0.6 is 0 Å². The number of hydrogen-bond donors (Lipinski definition) is 0. The van der Waals surface area contributed by atoms with Crippen molar-refractivity contribution in [3.63, 3.8) is 0 Å². The first-order chi connectivity index (χ1) is 12.9. The highest BCUT2D eigenvalue weighted by Gasteiger charge is 2.46. The Morgan fingerprint density at radius 1 is 0.667 bits per heavy atom. The second kappa shape index (κ2) is 11.1. The van der Waals surface area contributed by atoms with Crippen molar-refractivity contribution in [2.24, 2.45) is 35.5 Å². The van der Waals surface area contributed by atoms with Gasteiger partial charge >= 0.3 is 11.9 Å². The summed E-state index contributed by atoms with van der Waals surface area (Å²) in [7, 11) is 0. The largest absolute Gasteiger partial charge is 0.465 e. The van der Waals surface area contributed by atoms with Gasteiger partial charge in [-0.15, -0.1) is 0 Å². The Labute approximate surface area is 165 Å². The summed E-state index contributed by atoms with van der Waals surface area (Å²) in [6.45, 7) is 9.06. The van der Waals surface area contributed by atoms with Gasteiger partial charge in [0, 0.05) is 0 Å². The normalized spacial score (nSPS) is 21.4. The predicted octanol–water partition coefficient (Wildman–Crippen LogP) is 5.39.